The summed E-state index contributed by atoms with van der Waals surface area (Å²) in [5, 5.41) is 2.97. The van der Waals surface area contributed by atoms with E-state index in [1.807, 2.05) is 13.8 Å². The summed E-state index contributed by atoms with van der Waals surface area (Å²) in [7, 11) is 0. The van der Waals surface area contributed by atoms with Crippen LogP contribution in [0.5, 0.6) is 0 Å². The van der Waals surface area contributed by atoms with E-state index in [2.05, 4.69) is 5.32 Å². The van der Waals surface area contributed by atoms with E-state index in [0.29, 0.717) is 12.3 Å². The van der Waals surface area contributed by atoms with Crippen molar-refractivity contribution in [2.24, 2.45) is 0 Å². The molecule has 14 heavy (non-hydrogen) atoms. The van der Waals surface area contributed by atoms with Crippen molar-refractivity contribution in [2.45, 2.75) is 44.8 Å². The zero-order valence-electron chi connectivity index (χ0n) is 8.81. The van der Waals surface area contributed by atoms with Gasteiger partial charge in [0.1, 0.15) is 0 Å². The topological polar surface area (TPSA) is 38.3 Å². The molecular weight excluding hydrogens is 202 g/mol. The molecule has 0 aliphatic carbocycles. The molecule has 0 spiro atoms. The highest BCUT2D eigenvalue weighted by atomic mass is 35.5. The van der Waals surface area contributed by atoms with Crippen molar-refractivity contribution < 1.29 is 9.53 Å². The second-order valence-corrected chi connectivity index (χ2v) is 4.68. The van der Waals surface area contributed by atoms with Crippen molar-refractivity contribution in [1.29, 1.82) is 0 Å². The minimum atomic E-state index is -0.114. The summed E-state index contributed by atoms with van der Waals surface area (Å²) in [5.74, 6) is 0.432. The molecule has 0 bridgehead atoms. The van der Waals surface area contributed by atoms with Gasteiger partial charge in [-0.25, -0.2) is 0 Å². The molecule has 1 atom stereocenters. The average molecular weight is 220 g/mol. The van der Waals surface area contributed by atoms with E-state index < -0.39 is 0 Å². The van der Waals surface area contributed by atoms with Crippen molar-refractivity contribution in [2.75, 3.05) is 12.5 Å². The molecule has 1 aliphatic rings. The fourth-order valence-corrected chi connectivity index (χ4v) is 1.91. The van der Waals surface area contributed by atoms with Crippen molar-refractivity contribution in [1.82, 2.24) is 5.32 Å². The zero-order chi connectivity index (χ0) is 10.6. The maximum absolute atomic E-state index is 11.3. The molecule has 3 nitrogen and oxygen atoms in total. The Bertz CT molecular complexity index is 206. The fraction of sp³-hybridized carbons (Fsp3) is 0.900. The standard InChI is InChI=1S/C10H18ClNO2/c1-10(2)7-8(4-6-14-10)12-9(13)3-5-11/h8H,3-7H2,1-2H3,(H,12,13). The van der Waals surface area contributed by atoms with Crippen LogP contribution in [0.15, 0.2) is 0 Å². The van der Waals surface area contributed by atoms with Gasteiger partial charge in [-0.3, -0.25) is 4.79 Å². The van der Waals surface area contributed by atoms with E-state index in [-0.39, 0.29) is 17.6 Å². The lowest BCUT2D eigenvalue weighted by Gasteiger charge is -2.35. The third kappa shape index (κ3) is 3.84. The minimum absolute atomic E-state index is 0.0442. The number of alkyl halides is 1. The predicted octanol–water partition coefficient (Wildman–Crippen LogP) is 1.69. The van der Waals surface area contributed by atoms with E-state index in [1.54, 1.807) is 0 Å². The molecule has 0 radical (unpaired) electrons. The zero-order valence-corrected chi connectivity index (χ0v) is 9.56. The molecular formula is C10H18ClNO2. The molecule has 0 aromatic heterocycles. The summed E-state index contributed by atoms with van der Waals surface area (Å²) in [4.78, 5) is 11.3. The third-order valence-electron chi connectivity index (χ3n) is 2.38. The van der Waals surface area contributed by atoms with Gasteiger partial charge in [-0.05, 0) is 26.7 Å². The highest BCUT2D eigenvalue weighted by Gasteiger charge is 2.29. The van der Waals surface area contributed by atoms with E-state index in [9.17, 15) is 4.79 Å². The molecule has 82 valence electrons. The second-order valence-electron chi connectivity index (χ2n) is 4.30. The predicted molar refractivity (Wildman–Crippen MR) is 56.5 cm³/mol. The SMILES string of the molecule is CC1(C)CC(NC(=O)CCCl)CCO1. The fourth-order valence-electron chi connectivity index (χ4n) is 1.74. The first-order valence-corrected chi connectivity index (χ1v) is 5.56. The Kier molecular flexibility index (Phi) is 4.20. The largest absolute Gasteiger partial charge is 0.375 e. The van der Waals surface area contributed by atoms with Gasteiger partial charge in [-0.2, -0.15) is 0 Å². The summed E-state index contributed by atoms with van der Waals surface area (Å²) in [6, 6.07) is 0.245. The van der Waals surface area contributed by atoms with Gasteiger partial charge < -0.3 is 10.1 Å². The number of ether oxygens (including phenoxy) is 1. The quantitative estimate of drug-likeness (QED) is 0.734. The molecule has 1 amide bonds. The number of nitrogens with one attached hydrogen (secondary N) is 1. The number of hydrogen-bond donors (Lipinski definition) is 1. The van der Waals surface area contributed by atoms with Crippen LogP contribution in [-0.4, -0.2) is 30.0 Å². The highest BCUT2D eigenvalue weighted by molar-refractivity contribution is 6.18. The van der Waals surface area contributed by atoms with E-state index in [1.165, 1.54) is 0 Å². The van der Waals surface area contributed by atoms with Crippen LogP contribution in [0.2, 0.25) is 0 Å². The lowest BCUT2D eigenvalue weighted by atomic mass is 9.94. The molecule has 1 aliphatic heterocycles. The Morgan fingerprint density at radius 2 is 2.36 bits per heavy atom. The average Bonchev–Trinajstić information content (AvgIpc) is 2.02. The van der Waals surface area contributed by atoms with Gasteiger partial charge in [-0.1, -0.05) is 0 Å². The summed E-state index contributed by atoms with van der Waals surface area (Å²) in [6.45, 7) is 4.82. The maximum Gasteiger partial charge on any atom is 0.221 e. The second kappa shape index (κ2) is 4.99. The Balaban J connectivity index is 2.34. The summed E-state index contributed by atoms with van der Waals surface area (Å²) in [6.07, 6.45) is 2.18. The first-order valence-electron chi connectivity index (χ1n) is 5.03. The Morgan fingerprint density at radius 3 is 2.93 bits per heavy atom. The molecule has 0 saturated carbocycles. The van der Waals surface area contributed by atoms with E-state index >= 15 is 0 Å². The number of carbonyl (C=O) groups excluding carboxylic acids is 1. The minimum Gasteiger partial charge on any atom is -0.375 e. The van der Waals surface area contributed by atoms with Gasteiger partial charge in [0.2, 0.25) is 5.91 Å². The number of halogens is 1. The molecule has 1 rings (SSSR count). The molecule has 4 heteroatoms. The van der Waals surface area contributed by atoms with Gasteiger partial charge in [-0.15, -0.1) is 11.6 Å². The van der Waals surface area contributed by atoms with Crippen molar-refractivity contribution >= 4 is 17.5 Å². The van der Waals surface area contributed by atoms with Crippen LogP contribution in [0.4, 0.5) is 0 Å². The summed E-state index contributed by atoms with van der Waals surface area (Å²) in [5.41, 5.74) is -0.114. The van der Waals surface area contributed by atoms with Crippen LogP contribution in [0, 0.1) is 0 Å². The molecule has 1 N–H and O–H groups in total. The van der Waals surface area contributed by atoms with Crippen LogP contribution < -0.4 is 5.32 Å². The van der Waals surface area contributed by atoms with Crippen molar-refractivity contribution in [3.05, 3.63) is 0 Å². The van der Waals surface area contributed by atoms with Crippen LogP contribution >= 0.6 is 11.6 Å². The number of rotatable bonds is 3. The van der Waals surface area contributed by atoms with Crippen LogP contribution in [-0.2, 0) is 9.53 Å². The number of amides is 1. The third-order valence-corrected chi connectivity index (χ3v) is 2.57. The first-order chi connectivity index (χ1) is 6.53. The van der Waals surface area contributed by atoms with Gasteiger partial charge in [0.05, 0.1) is 5.60 Å². The highest BCUT2D eigenvalue weighted by Crippen LogP contribution is 2.23. The van der Waals surface area contributed by atoms with Crippen LogP contribution in [0.1, 0.15) is 33.1 Å². The molecule has 1 unspecified atom stereocenters. The Hall–Kier alpha value is -0.280. The van der Waals surface area contributed by atoms with Crippen molar-refractivity contribution in [3.63, 3.8) is 0 Å². The summed E-state index contributed by atoms with van der Waals surface area (Å²) < 4.78 is 5.56. The molecule has 1 heterocycles. The molecule has 0 aromatic rings. The Morgan fingerprint density at radius 1 is 1.64 bits per heavy atom. The van der Waals surface area contributed by atoms with E-state index in [0.717, 1.165) is 19.4 Å². The van der Waals surface area contributed by atoms with Gasteiger partial charge in [0, 0.05) is 24.9 Å². The first kappa shape index (κ1) is 11.8. The lowest BCUT2D eigenvalue weighted by molar-refractivity contribution is -0.123. The normalized spacial score (nSPS) is 25.8. The van der Waals surface area contributed by atoms with Gasteiger partial charge >= 0.3 is 0 Å². The van der Waals surface area contributed by atoms with Crippen molar-refractivity contribution in [3.8, 4) is 0 Å². The van der Waals surface area contributed by atoms with Crippen LogP contribution in [0.25, 0.3) is 0 Å². The number of hydrogen-bond acceptors (Lipinski definition) is 2. The van der Waals surface area contributed by atoms with Gasteiger partial charge in [0.15, 0.2) is 0 Å². The van der Waals surface area contributed by atoms with Crippen LogP contribution in [0.3, 0.4) is 0 Å². The molecule has 1 saturated heterocycles. The monoisotopic (exact) mass is 219 g/mol. The summed E-state index contributed by atoms with van der Waals surface area (Å²) >= 11 is 5.48. The maximum atomic E-state index is 11.3. The van der Waals surface area contributed by atoms with E-state index in [4.69, 9.17) is 16.3 Å². The number of carbonyl (C=O) groups is 1. The Labute approximate surface area is 90.1 Å². The molecule has 0 aromatic carbocycles. The lowest BCUT2D eigenvalue weighted by Crippen LogP contribution is -2.45. The molecule has 1 fully saturated rings. The van der Waals surface area contributed by atoms with Gasteiger partial charge in [0.25, 0.3) is 0 Å². The smallest absolute Gasteiger partial charge is 0.221 e.